The first-order valence-electron chi connectivity index (χ1n) is 11.2. The summed E-state index contributed by atoms with van der Waals surface area (Å²) in [6, 6.07) is 26.3. The topological polar surface area (TPSA) is 26.0 Å². The molecule has 30 heavy (non-hydrogen) atoms. The van der Waals surface area contributed by atoms with E-state index in [4.69, 9.17) is 7.16 Å². The average Bonchev–Trinajstić information content (AvgIpc) is 3.17. The lowest BCUT2D eigenvalue weighted by Gasteiger charge is -2.18. The minimum absolute atomic E-state index is 0.537. The van der Waals surface area contributed by atoms with Crippen LogP contribution in [-0.4, -0.2) is 4.98 Å². The van der Waals surface area contributed by atoms with Crippen LogP contribution < -0.4 is 0 Å². The molecule has 0 atom stereocenters. The van der Waals surface area contributed by atoms with Gasteiger partial charge < -0.3 is 4.42 Å². The maximum absolute atomic E-state index is 8.65. The van der Waals surface area contributed by atoms with Gasteiger partial charge in [-0.25, -0.2) is 0 Å². The van der Waals surface area contributed by atoms with E-state index in [-0.39, 0.29) is 0 Å². The second-order valence-electron chi connectivity index (χ2n) is 8.67. The highest BCUT2D eigenvalue weighted by atomic mass is 16.3. The molecular weight excluding hydrogens is 366 g/mol. The van der Waals surface area contributed by atoms with Crippen molar-refractivity contribution in [2.45, 2.75) is 27.1 Å². The zero-order valence-electron chi connectivity index (χ0n) is 19.4. The molecule has 0 bridgehead atoms. The minimum Gasteiger partial charge on any atom is -0.455 e. The van der Waals surface area contributed by atoms with Crippen molar-refractivity contribution in [1.82, 2.24) is 4.98 Å². The van der Waals surface area contributed by atoms with Gasteiger partial charge in [0.1, 0.15) is 11.2 Å². The van der Waals surface area contributed by atoms with E-state index in [2.05, 4.69) is 35.3 Å². The molecule has 2 heterocycles. The number of rotatable bonds is 3. The molecule has 0 aliphatic carbocycles. The molecule has 0 fully saturated rings. The third-order valence-corrected chi connectivity index (χ3v) is 5.16. The SMILES string of the molecule is [2H]C([2H])(c1ccnc(-c2cccc3c2oc2ccc(-c4ccccc4)cc23)c1)C(C)(C)C. The quantitative estimate of drug-likeness (QED) is 0.311. The molecule has 0 aliphatic heterocycles. The molecule has 0 radical (unpaired) electrons. The van der Waals surface area contributed by atoms with Crippen LogP contribution in [0.5, 0.6) is 0 Å². The number of para-hydroxylation sites is 1. The van der Waals surface area contributed by atoms with Crippen LogP contribution in [0, 0.1) is 5.41 Å². The van der Waals surface area contributed by atoms with Gasteiger partial charge in [-0.3, -0.25) is 4.98 Å². The Hall–Kier alpha value is -3.39. The van der Waals surface area contributed by atoms with Crippen molar-refractivity contribution < 1.29 is 7.16 Å². The summed E-state index contributed by atoms with van der Waals surface area (Å²) in [7, 11) is 0. The predicted molar refractivity (Wildman–Crippen MR) is 126 cm³/mol. The lowest BCUT2D eigenvalue weighted by Crippen LogP contribution is -2.09. The van der Waals surface area contributed by atoms with E-state index in [0.29, 0.717) is 11.3 Å². The fraction of sp³-hybridized carbons (Fsp3) is 0.179. The van der Waals surface area contributed by atoms with Crippen LogP contribution in [0.3, 0.4) is 0 Å². The molecule has 0 unspecified atom stereocenters. The van der Waals surface area contributed by atoms with Crippen LogP contribution in [0.2, 0.25) is 0 Å². The number of furan rings is 1. The predicted octanol–water partition coefficient (Wildman–Crippen LogP) is 7.90. The highest BCUT2D eigenvalue weighted by Gasteiger charge is 2.16. The monoisotopic (exact) mass is 393 g/mol. The van der Waals surface area contributed by atoms with E-state index >= 15 is 0 Å². The zero-order chi connectivity index (χ0) is 22.5. The largest absolute Gasteiger partial charge is 0.455 e. The van der Waals surface area contributed by atoms with Crippen LogP contribution in [0.1, 0.15) is 29.1 Å². The third kappa shape index (κ3) is 3.50. The molecular formula is C28H25NO. The fourth-order valence-corrected chi connectivity index (χ4v) is 3.90. The van der Waals surface area contributed by atoms with Gasteiger partial charge in [-0.2, -0.15) is 0 Å². The van der Waals surface area contributed by atoms with E-state index in [1.165, 1.54) is 5.56 Å². The van der Waals surface area contributed by atoms with E-state index in [0.717, 1.165) is 33.1 Å². The minimum atomic E-state index is -1.49. The Balaban J connectivity index is 1.67. The van der Waals surface area contributed by atoms with Gasteiger partial charge in [-0.15, -0.1) is 0 Å². The van der Waals surface area contributed by atoms with Gasteiger partial charge in [-0.1, -0.05) is 69.3 Å². The molecule has 0 amide bonds. The average molecular weight is 394 g/mol. The van der Waals surface area contributed by atoms with Gasteiger partial charge >= 0.3 is 0 Å². The third-order valence-electron chi connectivity index (χ3n) is 5.16. The molecule has 5 aromatic rings. The smallest absolute Gasteiger partial charge is 0.144 e. The van der Waals surface area contributed by atoms with Crippen LogP contribution in [-0.2, 0) is 6.37 Å². The van der Waals surface area contributed by atoms with E-state index in [9.17, 15) is 0 Å². The molecule has 0 saturated heterocycles. The first-order valence-corrected chi connectivity index (χ1v) is 10.2. The lowest BCUT2D eigenvalue weighted by atomic mass is 9.88. The maximum atomic E-state index is 8.65. The van der Waals surface area contributed by atoms with Crippen molar-refractivity contribution in [2.75, 3.05) is 0 Å². The van der Waals surface area contributed by atoms with Gasteiger partial charge in [0.25, 0.3) is 0 Å². The van der Waals surface area contributed by atoms with Crippen molar-refractivity contribution in [3.05, 3.63) is 90.6 Å². The number of aromatic nitrogens is 1. The fourth-order valence-electron chi connectivity index (χ4n) is 3.90. The number of hydrogen-bond donors (Lipinski definition) is 0. The Morgan fingerprint density at radius 2 is 1.67 bits per heavy atom. The van der Waals surface area contributed by atoms with Crippen LogP contribution in [0.25, 0.3) is 44.3 Å². The van der Waals surface area contributed by atoms with Crippen LogP contribution in [0.15, 0.2) is 89.5 Å². The summed E-state index contributed by atoms with van der Waals surface area (Å²) in [4.78, 5) is 4.56. The van der Waals surface area contributed by atoms with Crippen molar-refractivity contribution in [3.63, 3.8) is 0 Å². The molecule has 2 nitrogen and oxygen atoms in total. The summed E-state index contributed by atoms with van der Waals surface area (Å²) in [5.41, 5.74) is 5.57. The number of fused-ring (bicyclic) bond motifs is 3. The van der Waals surface area contributed by atoms with Gasteiger partial charge in [-0.05, 0) is 58.8 Å². The van der Waals surface area contributed by atoms with Crippen LogP contribution >= 0.6 is 0 Å². The summed E-state index contributed by atoms with van der Waals surface area (Å²) < 4.78 is 23.6. The summed E-state index contributed by atoms with van der Waals surface area (Å²) in [6.45, 7) is 5.74. The van der Waals surface area contributed by atoms with Gasteiger partial charge in [0.05, 0.1) is 5.69 Å². The molecule has 3 aromatic carbocycles. The van der Waals surface area contributed by atoms with Crippen molar-refractivity contribution in [2.24, 2.45) is 5.41 Å². The second kappa shape index (κ2) is 7.14. The number of nitrogens with zero attached hydrogens (tertiary/aromatic N) is 1. The highest BCUT2D eigenvalue weighted by Crippen LogP contribution is 2.37. The second-order valence-corrected chi connectivity index (χ2v) is 8.67. The zero-order valence-corrected chi connectivity index (χ0v) is 17.4. The van der Waals surface area contributed by atoms with Crippen molar-refractivity contribution in [3.8, 4) is 22.4 Å². The Kier molecular flexibility index (Phi) is 3.91. The van der Waals surface area contributed by atoms with Gasteiger partial charge in [0.2, 0.25) is 0 Å². The summed E-state index contributed by atoms with van der Waals surface area (Å²) >= 11 is 0. The Bertz CT molecular complexity index is 1430. The molecule has 0 saturated carbocycles. The molecule has 0 N–H and O–H groups in total. The summed E-state index contributed by atoms with van der Waals surface area (Å²) in [6.07, 6.45) is 0.195. The lowest BCUT2D eigenvalue weighted by molar-refractivity contribution is 0.411. The summed E-state index contributed by atoms with van der Waals surface area (Å²) in [5, 5.41) is 2.09. The molecule has 5 rings (SSSR count). The first kappa shape index (κ1) is 16.4. The Morgan fingerprint density at radius 1 is 0.833 bits per heavy atom. The van der Waals surface area contributed by atoms with Gasteiger partial charge in [0, 0.05) is 25.3 Å². The van der Waals surface area contributed by atoms with Gasteiger partial charge in [0.15, 0.2) is 0 Å². The molecule has 2 heteroatoms. The molecule has 0 aliphatic rings. The normalized spacial score (nSPS) is 13.4. The maximum Gasteiger partial charge on any atom is 0.144 e. The molecule has 148 valence electrons. The van der Waals surface area contributed by atoms with Crippen molar-refractivity contribution >= 4 is 21.9 Å². The van der Waals surface area contributed by atoms with Crippen LogP contribution in [0.4, 0.5) is 0 Å². The van der Waals surface area contributed by atoms with E-state index < -0.39 is 11.8 Å². The van der Waals surface area contributed by atoms with Crippen molar-refractivity contribution in [1.29, 1.82) is 0 Å². The Labute approximate surface area is 180 Å². The first-order chi connectivity index (χ1) is 15.3. The molecule has 0 spiro atoms. The number of benzene rings is 3. The Morgan fingerprint density at radius 3 is 2.47 bits per heavy atom. The standard InChI is InChI=1S/C28H25NO/c1-28(2,3)18-19-14-15-29-25(16-19)23-11-7-10-22-24-17-21(20-8-5-4-6-9-20)12-13-26(24)30-27(22)23/h4-17H,18H2,1-3H3/i18D2. The molecule has 2 aromatic heterocycles. The van der Waals surface area contributed by atoms with E-state index in [1.807, 2.05) is 63.2 Å². The summed E-state index contributed by atoms with van der Waals surface area (Å²) in [5.74, 6) is 0. The highest BCUT2D eigenvalue weighted by molar-refractivity contribution is 6.10. The number of hydrogen-bond acceptors (Lipinski definition) is 2. The number of pyridine rings is 1. The van der Waals surface area contributed by atoms with E-state index in [1.54, 1.807) is 12.3 Å².